The van der Waals surface area contributed by atoms with Gasteiger partial charge in [-0.3, -0.25) is 14.7 Å². The van der Waals surface area contributed by atoms with Gasteiger partial charge in [-0.2, -0.15) is 0 Å². The third-order valence-electron chi connectivity index (χ3n) is 6.95. The zero-order valence-electron chi connectivity index (χ0n) is 21.7. The number of benzene rings is 2. The fourth-order valence-electron chi connectivity index (χ4n) is 5.05. The van der Waals surface area contributed by atoms with E-state index in [9.17, 15) is 9.59 Å². The van der Waals surface area contributed by atoms with Gasteiger partial charge in [-0.05, 0) is 49.7 Å². The lowest BCUT2D eigenvalue weighted by atomic mass is 10.0. The molecule has 2 unspecified atom stereocenters. The number of allylic oxidation sites excluding steroid dienone is 1. The minimum absolute atomic E-state index is 0.109. The monoisotopic (exact) mass is 513 g/mol. The van der Waals surface area contributed by atoms with E-state index >= 15 is 0 Å². The van der Waals surface area contributed by atoms with Crippen molar-refractivity contribution in [1.29, 1.82) is 0 Å². The molecule has 5 rings (SSSR count). The molecule has 0 bridgehead atoms. The largest absolute Gasteiger partial charge is 0.493 e. The fourth-order valence-corrected chi connectivity index (χ4v) is 5.05. The van der Waals surface area contributed by atoms with Crippen molar-refractivity contribution in [2.75, 3.05) is 20.2 Å². The van der Waals surface area contributed by atoms with Crippen molar-refractivity contribution in [3.05, 3.63) is 78.1 Å². The van der Waals surface area contributed by atoms with Crippen LogP contribution in [0.5, 0.6) is 17.2 Å². The standard InChI is InChI=1S/C29H31N5O4/c1-4-7-18(2)29(36)33-15-14-20(17-33)22-16-31-34-26(27(30)35)25(32-28(22)34)19-10-12-21(13-11-19)38-24-9-6-5-8-23(24)37-3/h4-13,16,18,20,31H,14-15,17H2,1-3H3,(H2,30,35)/b7-4+. The number of likely N-dealkylation sites (tertiary alicyclic amines) is 1. The number of primary amides is 1. The maximum atomic E-state index is 12.8. The molecular formula is C29H31N5O4. The molecule has 196 valence electrons. The number of methoxy groups -OCH3 is 1. The zero-order chi connectivity index (χ0) is 26.8. The zero-order valence-corrected chi connectivity index (χ0v) is 21.7. The van der Waals surface area contributed by atoms with Crippen LogP contribution in [0.15, 0.2) is 66.9 Å². The number of nitrogens with two attached hydrogens (primary N) is 1. The van der Waals surface area contributed by atoms with Crippen LogP contribution in [0, 0.1) is 5.92 Å². The molecule has 2 amide bonds. The summed E-state index contributed by atoms with van der Waals surface area (Å²) in [4.78, 5) is 32.0. The summed E-state index contributed by atoms with van der Waals surface area (Å²) in [6, 6.07) is 14.7. The second-order valence-corrected chi connectivity index (χ2v) is 9.42. The van der Waals surface area contributed by atoms with Gasteiger partial charge in [0, 0.05) is 36.3 Å². The van der Waals surface area contributed by atoms with E-state index in [1.165, 1.54) is 0 Å². The second kappa shape index (κ2) is 10.5. The second-order valence-electron chi connectivity index (χ2n) is 9.42. The third-order valence-corrected chi connectivity index (χ3v) is 6.95. The number of aromatic amines is 1. The van der Waals surface area contributed by atoms with Crippen LogP contribution in [0.25, 0.3) is 16.9 Å². The van der Waals surface area contributed by atoms with Gasteiger partial charge in [-0.15, -0.1) is 0 Å². The number of ether oxygens (including phenoxy) is 2. The molecule has 0 saturated carbocycles. The first-order valence-electron chi connectivity index (χ1n) is 12.6. The van der Waals surface area contributed by atoms with E-state index in [-0.39, 0.29) is 23.4 Å². The number of hydrogen-bond donors (Lipinski definition) is 2. The van der Waals surface area contributed by atoms with Crippen LogP contribution in [0.1, 0.15) is 42.2 Å². The quantitative estimate of drug-likeness (QED) is 0.330. The van der Waals surface area contributed by atoms with Gasteiger partial charge in [-0.1, -0.05) is 31.2 Å². The van der Waals surface area contributed by atoms with Gasteiger partial charge in [0.2, 0.25) is 5.91 Å². The number of aromatic nitrogens is 3. The fraction of sp³-hybridized carbons (Fsp3) is 0.276. The Hall–Kier alpha value is -4.53. The molecule has 9 nitrogen and oxygen atoms in total. The Labute approximate surface area is 220 Å². The lowest BCUT2D eigenvalue weighted by Crippen LogP contribution is -2.32. The molecule has 38 heavy (non-hydrogen) atoms. The Bertz CT molecular complexity index is 1500. The number of nitrogens with one attached hydrogen (secondary N) is 1. The highest BCUT2D eigenvalue weighted by molar-refractivity contribution is 5.98. The number of fused-ring (bicyclic) bond motifs is 1. The smallest absolute Gasteiger partial charge is 0.269 e. The van der Waals surface area contributed by atoms with Crippen LogP contribution in [-0.2, 0) is 4.79 Å². The number of hydrogen-bond acceptors (Lipinski definition) is 5. The highest BCUT2D eigenvalue weighted by atomic mass is 16.5. The van der Waals surface area contributed by atoms with Crippen molar-refractivity contribution in [1.82, 2.24) is 19.5 Å². The summed E-state index contributed by atoms with van der Waals surface area (Å²) < 4.78 is 13.0. The average Bonchev–Trinajstić information content (AvgIpc) is 3.64. The molecule has 2 atom stereocenters. The molecule has 0 spiro atoms. The molecule has 3 N–H and O–H groups in total. The van der Waals surface area contributed by atoms with Crippen molar-refractivity contribution < 1.29 is 19.1 Å². The Morgan fingerprint density at radius 2 is 1.89 bits per heavy atom. The Morgan fingerprint density at radius 1 is 1.16 bits per heavy atom. The molecule has 0 radical (unpaired) electrons. The number of imidazole rings is 1. The minimum atomic E-state index is -0.585. The van der Waals surface area contributed by atoms with Gasteiger partial charge >= 0.3 is 0 Å². The molecule has 2 aromatic heterocycles. The predicted molar refractivity (Wildman–Crippen MR) is 144 cm³/mol. The number of H-pyrrole nitrogens is 1. The lowest BCUT2D eigenvalue weighted by molar-refractivity contribution is -0.132. The number of para-hydroxylation sites is 2. The van der Waals surface area contributed by atoms with Gasteiger partial charge in [0.1, 0.15) is 11.4 Å². The summed E-state index contributed by atoms with van der Waals surface area (Å²) in [5.74, 6) is 1.34. The van der Waals surface area contributed by atoms with Gasteiger partial charge < -0.3 is 20.1 Å². The maximum absolute atomic E-state index is 12.8. The summed E-state index contributed by atoms with van der Waals surface area (Å²) in [6.45, 7) is 5.13. The molecule has 1 aliphatic rings. The van der Waals surface area contributed by atoms with Crippen LogP contribution >= 0.6 is 0 Å². The average molecular weight is 514 g/mol. The van der Waals surface area contributed by atoms with Gasteiger partial charge in [0.15, 0.2) is 22.8 Å². The van der Waals surface area contributed by atoms with Crippen LogP contribution in [0.2, 0.25) is 0 Å². The van der Waals surface area contributed by atoms with E-state index in [1.807, 2.05) is 85.6 Å². The molecule has 9 heteroatoms. The first-order chi connectivity index (χ1) is 18.4. The highest BCUT2D eigenvalue weighted by Gasteiger charge is 2.32. The molecule has 1 saturated heterocycles. The van der Waals surface area contributed by atoms with E-state index in [2.05, 4.69) is 5.10 Å². The van der Waals surface area contributed by atoms with Crippen LogP contribution in [0.3, 0.4) is 0 Å². The molecule has 4 aromatic rings. The summed E-state index contributed by atoms with van der Waals surface area (Å²) in [5, 5.41) is 3.15. The molecule has 0 aliphatic carbocycles. The number of carbonyl (C=O) groups is 2. The van der Waals surface area contributed by atoms with Crippen LogP contribution < -0.4 is 15.2 Å². The Morgan fingerprint density at radius 3 is 2.58 bits per heavy atom. The molecule has 3 heterocycles. The van der Waals surface area contributed by atoms with E-state index in [4.69, 9.17) is 20.2 Å². The predicted octanol–water partition coefficient (Wildman–Crippen LogP) is 4.76. The third kappa shape index (κ3) is 4.63. The van der Waals surface area contributed by atoms with Crippen molar-refractivity contribution >= 4 is 17.5 Å². The number of rotatable bonds is 8. The van der Waals surface area contributed by atoms with Crippen molar-refractivity contribution in [3.63, 3.8) is 0 Å². The number of carbonyl (C=O) groups excluding carboxylic acids is 2. The van der Waals surface area contributed by atoms with E-state index in [1.54, 1.807) is 11.6 Å². The number of amides is 2. The summed E-state index contributed by atoms with van der Waals surface area (Å²) in [7, 11) is 1.59. The van der Waals surface area contributed by atoms with E-state index in [0.717, 1.165) is 17.5 Å². The van der Waals surface area contributed by atoms with Crippen molar-refractivity contribution in [2.45, 2.75) is 26.2 Å². The van der Waals surface area contributed by atoms with Crippen LogP contribution in [0.4, 0.5) is 0 Å². The normalized spacial score (nSPS) is 16.3. The summed E-state index contributed by atoms with van der Waals surface area (Å²) in [5.41, 5.74) is 8.90. The van der Waals surface area contributed by atoms with Crippen molar-refractivity contribution in [2.24, 2.45) is 11.7 Å². The molecule has 1 aliphatic heterocycles. The van der Waals surface area contributed by atoms with E-state index < -0.39 is 5.91 Å². The summed E-state index contributed by atoms with van der Waals surface area (Å²) >= 11 is 0. The molecule has 1 fully saturated rings. The Balaban J connectivity index is 1.42. The SMILES string of the molecule is C/C=C/C(C)C(=O)N1CCC(c2c[nH]n3c(C(N)=O)c(-c4ccc(Oc5ccccc5OC)cc4)nc23)C1. The van der Waals surface area contributed by atoms with Gasteiger partial charge in [0.25, 0.3) is 5.91 Å². The van der Waals surface area contributed by atoms with Gasteiger partial charge in [0.05, 0.1) is 13.0 Å². The van der Waals surface area contributed by atoms with Crippen LogP contribution in [-0.4, -0.2) is 51.5 Å². The first-order valence-corrected chi connectivity index (χ1v) is 12.6. The molecule has 2 aromatic carbocycles. The Kier molecular flexibility index (Phi) is 6.91. The minimum Gasteiger partial charge on any atom is -0.493 e. The first kappa shape index (κ1) is 25.1. The summed E-state index contributed by atoms with van der Waals surface area (Å²) in [6.07, 6.45) is 6.50. The lowest BCUT2D eigenvalue weighted by Gasteiger charge is -2.19. The topological polar surface area (TPSA) is 115 Å². The van der Waals surface area contributed by atoms with E-state index in [0.29, 0.717) is 41.7 Å². The maximum Gasteiger partial charge on any atom is 0.269 e. The van der Waals surface area contributed by atoms with Crippen molar-refractivity contribution in [3.8, 4) is 28.5 Å². The highest BCUT2D eigenvalue weighted by Crippen LogP contribution is 2.35. The van der Waals surface area contributed by atoms with Gasteiger partial charge in [-0.25, -0.2) is 9.50 Å². The molecular weight excluding hydrogens is 482 g/mol. The number of nitrogens with zero attached hydrogens (tertiary/aromatic N) is 3.